The van der Waals surface area contributed by atoms with Crippen LogP contribution in [0.5, 0.6) is 0 Å². The van der Waals surface area contributed by atoms with Crippen LogP contribution in [0.2, 0.25) is 0 Å². The zero-order valence-corrected chi connectivity index (χ0v) is 8.07. The Balaban J connectivity index is 3.43. The smallest absolute Gasteiger partial charge is 0.338 e. The minimum atomic E-state index is -1.10. The van der Waals surface area contributed by atoms with E-state index in [2.05, 4.69) is 4.98 Å². The summed E-state index contributed by atoms with van der Waals surface area (Å²) in [7, 11) is 0. The van der Waals surface area contributed by atoms with Gasteiger partial charge in [-0.3, -0.25) is 9.78 Å². The maximum absolute atomic E-state index is 11.1. The molecule has 4 nitrogen and oxygen atoms in total. The molecule has 0 unspecified atom stereocenters. The van der Waals surface area contributed by atoms with Gasteiger partial charge in [-0.2, -0.15) is 0 Å². The van der Waals surface area contributed by atoms with Gasteiger partial charge in [0.25, 0.3) is 0 Å². The molecule has 0 spiro atoms. The SMILES string of the molecule is CCc1ccnc(C(C)=O)c1C(=O)O. The molecule has 14 heavy (non-hydrogen) atoms. The fraction of sp³-hybridized carbons (Fsp3) is 0.300. The van der Waals surface area contributed by atoms with E-state index in [1.165, 1.54) is 13.1 Å². The largest absolute Gasteiger partial charge is 0.478 e. The van der Waals surface area contributed by atoms with Gasteiger partial charge in [-0.15, -0.1) is 0 Å². The highest BCUT2D eigenvalue weighted by Crippen LogP contribution is 2.13. The molecular formula is C10H11NO3. The molecule has 0 bridgehead atoms. The first-order valence-electron chi connectivity index (χ1n) is 4.30. The van der Waals surface area contributed by atoms with Crippen LogP contribution in [0.25, 0.3) is 0 Å². The predicted octanol–water partition coefficient (Wildman–Crippen LogP) is 1.54. The van der Waals surface area contributed by atoms with E-state index in [1.54, 1.807) is 6.07 Å². The quantitative estimate of drug-likeness (QED) is 0.739. The molecule has 0 amide bonds. The lowest BCUT2D eigenvalue weighted by Crippen LogP contribution is -2.11. The molecule has 1 N–H and O–H groups in total. The van der Waals surface area contributed by atoms with Gasteiger partial charge >= 0.3 is 5.97 Å². The molecule has 1 rings (SSSR count). The standard InChI is InChI=1S/C10H11NO3/c1-3-7-4-5-11-9(6(2)12)8(7)10(13)14/h4-5H,3H2,1-2H3,(H,13,14). The van der Waals surface area contributed by atoms with E-state index in [1.807, 2.05) is 6.92 Å². The van der Waals surface area contributed by atoms with E-state index in [0.29, 0.717) is 12.0 Å². The van der Waals surface area contributed by atoms with Crippen molar-refractivity contribution in [1.82, 2.24) is 4.98 Å². The summed E-state index contributed by atoms with van der Waals surface area (Å²) in [6.07, 6.45) is 2.03. The number of Topliss-reactive ketones (excluding diaryl/α,β-unsaturated/α-hetero) is 1. The maximum Gasteiger partial charge on any atom is 0.338 e. The Labute approximate surface area is 81.6 Å². The first-order chi connectivity index (χ1) is 6.57. The molecule has 0 aliphatic heterocycles. The Hall–Kier alpha value is -1.71. The molecule has 1 aromatic heterocycles. The lowest BCUT2D eigenvalue weighted by Gasteiger charge is -2.05. The number of hydrogen-bond acceptors (Lipinski definition) is 3. The number of aromatic nitrogens is 1. The number of ketones is 1. The summed E-state index contributed by atoms with van der Waals surface area (Å²) in [5.41, 5.74) is 0.706. The molecule has 0 saturated carbocycles. The summed E-state index contributed by atoms with van der Waals surface area (Å²) in [6.45, 7) is 3.15. The molecule has 0 aromatic carbocycles. The number of carboxylic acid groups (broad SMARTS) is 1. The van der Waals surface area contributed by atoms with Gasteiger partial charge in [0.1, 0.15) is 5.69 Å². The highest BCUT2D eigenvalue weighted by atomic mass is 16.4. The van der Waals surface area contributed by atoms with Gasteiger partial charge in [0.2, 0.25) is 0 Å². The number of aryl methyl sites for hydroxylation is 1. The molecule has 74 valence electrons. The molecule has 0 atom stereocenters. The fourth-order valence-corrected chi connectivity index (χ4v) is 1.30. The van der Waals surface area contributed by atoms with E-state index in [-0.39, 0.29) is 17.0 Å². The molecule has 0 fully saturated rings. The summed E-state index contributed by atoms with van der Waals surface area (Å²) in [6, 6.07) is 1.62. The van der Waals surface area contributed by atoms with Gasteiger partial charge in [0.05, 0.1) is 5.56 Å². The Morgan fingerprint density at radius 2 is 2.14 bits per heavy atom. The van der Waals surface area contributed by atoms with Gasteiger partial charge in [-0.25, -0.2) is 4.79 Å². The Morgan fingerprint density at radius 3 is 2.57 bits per heavy atom. The molecule has 0 aliphatic carbocycles. The Kier molecular flexibility index (Phi) is 2.96. The maximum atomic E-state index is 11.1. The average Bonchev–Trinajstić information content (AvgIpc) is 2.16. The molecule has 4 heteroatoms. The van der Waals surface area contributed by atoms with Crippen LogP contribution < -0.4 is 0 Å². The summed E-state index contributed by atoms with van der Waals surface area (Å²) >= 11 is 0. The number of nitrogens with zero attached hydrogens (tertiary/aromatic N) is 1. The van der Waals surface area contributed by atoms with E-state index in [4.69, 9.17) is 5.11 Å². The first-order valence-corrected chi connectivity index (χ1v) is 4.30. The van der Waals surface area contributed by atoms with E-state index in [0.717, 1.165) is 0 Å². The van der Waals surface area contributed by atoms with Crippen molar-refractivity contribution in [3.8, 4) is 0 Å². The van der Waals surface area contributed by atoms with E-state index >= 15 is 0 Å². The lowest BCUT2D eigenvalue weighted by molar-refractivity contribution is 0.0690. The van der Waals surface area contributed by atoms with Crippen LogP contribution >= 0.6 is 0 Å². The van der Waals surface area contributed by atoms with Crippen LogP contribution in [0.3, 0.4) is 0 Å². The zero-order chi connectivity index (χ0) is 10.7. The third-order valence-corrected chi connectivity index (χ3v) is 1.97. The monoisotopic (exact) mass is 193 g/mol. The van der Waals surface area contributed by atoms with Crippen molar-refractivity contribution in [3.63, 3.8) is 0 Å². The summed E-state index contributed by atoms with van der Waals surface area (Å²) in [5, 5.41) is 8.93. The van der Waals surface area contributed by atoms with Gasteiger partial charge in [0.15, 0.2) is 5.78 Å². The number of hydrogen-bond donors (Lipinski definition) is 1. The van der Waals surface area contributed by atoms with Crippen molar-refractivity contribution >= 4 is 11.8 Å². The van der Waals surface area contributed by atoms with Crippen molar-refractivity contribution < 1.29 is 14.7 Å². The number of carboxylic acids is 1. The minimum absolute atomic E-state index is 0.0301. The highest BCUT2D eigenvalue weighted by molar-refractivity contribution is 6.04. The van der Waals surface area contributed by atoms with Crippen molar-refractivity contribution in [1.29, 1.82) is 0 Å². The second-order valence-electron chi connectivity index (χ2n) is 2.91. The average molecular weight is 193 g/mol. The normalized spacial score (nSPS) is 9.86. The van der Waals surface area contributed by atoms with Crippen LogP contribution in [-0.2, 0) is 6.42 Å². The highest BCUT2D eigenvalue weighted by Gasteiger charge is 2.18. The number of rotatable bonds is 3. The van der Waals surface area contributed by atoms with Crippen molar-refractivity contribution in [2.24, 2.45) is 0 Å². The van der Waals surface area contributed by atoms with Gasteiger partial charge in [-0.05, 0) is 18.1 Å². The van der Waals surface area contributed by atoms with Crippen molar-refractivity contribution in [2.75, 3.05) is 0 Å². The van der Waals surface area contributed by atoms with Crippen molar-refractivity contribution in [3.05, 3.63) is 29.1 Å². The summed E-state index contributed by atoms with van der Waals surface area (Å²) < 4.78 is 0. The van der Waals surface area contributed by atoms with Gasteiger partial charge in [0, 0.05) is 13.1 Å². The van der Waals surface area contributed by atoms with Crippen LogP contribution in [0.15, 0.2) is 12.3 Å². The zero-order valence-electron chi connectivity index (χ0n) is 8.07. The van der Waals surface area contributed by atoms with Gasteiger partial charge in [-0.1, -0.05) is 6.92 Å². The molecule has 1 aromatic rings. The molecular weight excluding hydrogens is 182 g/mol. The number of aromatic carboxylic acids is 1. The minimum Gasteiger partial charge on any atom is -0.478 e. The molecule has 0 saturated heterocycles. The van der Waals surface area contributed by atoms with Crippen LogP contribution in [0, 0.1) is 0 Å². The van der Waals surface area contributed by atoms with Crippen LogP contribution in [-0.4, -0.2) is 21.8 Å². The second-order valence-corrected chi connectivity index (χ2v) is 2.91. The fourth-order valence-electron chi connectivity index (χ4n) is 1.30. The predicted molar refractivity (Wildman–Crippen MR) is 50.6 cm³/mol. The second kappa shape index (κ2) is 4.00. The van der Waals surface area contributed by atoms with E-state index < -0.39 is 5.97 Å². The van der Waals surface area contributed by atoms with E-state index in [9.17, 15) is 9.59 Å². The third-order valence-electron chi connectivity index (χ3n) is 1.97. The number of carbonyl (C=O) groups excluding carboxylic acids is 1. The van der Waals surface area contributed by atoms with Gasteiger partial charge < -0.3 is 5.11 Å². The Morgan fingerprint density at radius 1 is 1.50 bits per heavy atom. The summed E-state index contributed by atoms with van der Waals surface area (Å²) in [4.78, 5) is 25.8. The molecule has 0 aliphatic rings. The van der Waals surface area contributed by atoms with Crippen LogP contribution in [0.4, 0.5) is 0 Å². The number of pyridine rings is 1. The lowest BCUT2D eigenvalue weighted by atomic mass is 10.0. The van der Waals surface area contributed by atoms with Crippen molar-refractivity contribution in [2.45, 2.75) is 20.3 Å². The Bertz CT molecular complexity index is 385. The third kappa shape index (κ3) is 1.79. The topological polar surface area (TPSA) is 67.3 Å². The molecule has 0 radical (unpaired) electrons. The molecule has 1 heterocycles. The number of carbonyl (C=O) groups is 2. The summed E-state index contributed by atoms with van der Waals surface area (Å²) in [5.74, 6) is -1.42. The van der Waals surface area contributed by atoms with Crippen LogP contribution in [0.1, 0.15) is 40.3 Å². The first kappa shape index (κ1) is 10.4.